The summed E-state index contributed by atoms with van der Waals surface area (Å²) in [5.74, 6) is -0.524. The maximum Gasteiger partial charge on any atom is 0.410 e. The zero-order valence-electron chi connectivity index (χ0n) is 59.1. The number of carbonyl (C=O) groups is 2. The highest BCUT2D eigenvalue weighted by Crippen LogP contribution is 2.28. The van der Waals surface area contributed by atoms with Gasteiger partial charge in [-0.15, -0.1) is 0 Å². The Morgan fingerprint density at radius 3 is 1.23 bits per heavy atom. The van der Waals surface area contributed by atoms with Crippen molar-refractivity contribution < 1.29 is 81.0 Å². The zero-order chi connectivity index (χ0) is 71.0. The lowest BCUT2D eigenvalue weighted by atomic mass is 9.99. The molecule has 0 bridgehead atoms. The average Bonchev–Trinajstić information content (AvgIpc) is 0.853. The summed E-state index contributed by atoms with van der Waals surface area (Å²) < 4.78 is 72.6. The van der Waals surface area contributed by atoms with Crippen LogP contribution in [0.2, 0.25) is 0 Å². The standard InChI is InChI=1S/C13H19N3O4.C13H21N3O2.C13H25NO4.C12H23NO4.C8H17NO2.C5H3FN2O2/c1-13(2,19-3)11-9-15(6-7-20-11)10-4-5-12(14-8-10)16(17)18;1-13(2,17-3)11-9-16(6-7-18-11)10-4-5-12(14)15-8-10;1-12(2,3)18-11(15)14-7-8-17-10(9-14)13(4,5)16-6;1-11(2,3)17-10(14)13-6-7-16-9(8-13)12(4,5)15;1-8(2,10-3)7-6-9-4-5-11-7;6-4-1-2-5(7-3-4)8(9)10/h4-5,8,11H,6-7,9H2,1-3H3;4-5,8,11H,6-7,9H2,1-3H3,(H2,14,15);10H,7-9H2,1-6H3;9,15H,6-8H2,1-5H3;7,9H,4-6H2,1-3H3;1-3H. The van der Waals surface area contributed by atoms with Gasteiger partial charge in [-0.05, 0) is 155 Å². The van der Waals surface area contributed by atoms with Crippen LogP contribution in [0.3, 0.4) is 0 Å². The van der Waals surface area contributed by atoms with Gasteiger partial charge in [0, 0.05) is 92.9 Å². The number of amides is 2. The van der Waals surface area contributed by atoms with Crippen molar-refractivity contribution in [3.8, 4) is 0 Å². The van der Waals surface area contributed by atoms with Crippen LogP contribution in [-0.4, -0.2) is 249 Å². The second kappa shape index (κ2) is 36.7. The maximum atomic E-state index is 12.1. The molecule has 0 saturated carbocycles. The molecule has 5 atom stereocenters. The van der Waals surface area contributed by atoms with Gasteiger partial charge in [-0.25, -0.2) is 19.0 Å². The van der Waals surface area contributed by atoms with Gasteiger partial charge in [-0.3, -0.25) is 0 Å². The van der Waals surface area contributed by atoms with Crippen molar-refractivity contribution in [2.45, 2.75) is 181 Å². The van der Waals surface area contributed by atoms with E-state index in [2.05, 4.69) is 30.1 Å². The molecule has 0 spiro atoms. The number of morpholine rings is 5. The second-order valence-electron chi connectivity index (χ2n) is 27.3. The number of anilines is 3. The Morgan fingerprint density at radius 2 is 0.894 bits per heavy atom. The van der Waals surface area contributed by atoms with E-state index < -0.39 is 38.1 Å². The molecule has 5 fully saturated rings. The Kier molecular flexibility index (Phi) is 32.0. The predicted molar refractivity (Wildman–Crippen MR) is 353 cm³/mol. The predicted octanol–water partition coefficient (Wildman–Crippen LogP) is 7.88. The Labute approximate surface area is 554 Å². The first-order valence-electron chi connectivity index (χ1n) is 31.3. The first-order chi connectivity index (χ1) is 43.6. The van der Waals surface area contributed by atoms with Gasteiger partial charge in [0.2, 0.25) is 0 Å². The van der Waals surface area contributed by atoms with Crippen molar-refractivity contribution in [1.82, 2.24) is 30.1 Å². The largest absolute Gasteiger partial charge is 0.444 e. The first-order valence-corrected chi connectivity index (χ1v) is 31.3. The van der Waals surface area contributed by atoms with Crippen LogP contribution in [-0.2, 0) is 52.1 Å². The van der Waals surface area contributed by atoms with Gasteiger partial charge < -0.3 is 108 Å². The number of pyridine rings is 3. The van der Waals surface area contributed by atoms with E-state index in [9.17, 15) is 39.3 Å². The number of ether oxygens (including phenoxy) is 11. The fraction of sp³-hybridized carbons (Fsp3) is 0.734. The number of methoxy groups -OCH3 is 4. The minimum Gasteiger partial charge on any atom is -0.444 e. The Morgan fingerprint density at radius 1 is 0.532 bits per heavy atom. The monoisotopic (exact) mass is 1340 g/mol. The molecular formula is C64H108FN11O18. The fourth-order valence-corrected chi connectivity index (χ4v) is 9.01. The molecule has 3 aromatic heterocycles. The van der Waals surface area contributed by atoms with Crippen molar-refractivity contribution in [3.63, 3.8) is 0 Å². The molecule has 534 valence electrons. The van der Waals surface area contributed by atoms with Crippen molar-refractivity contribution in [2.75, 3.05) is 142 Å². The van der Waals surface area contributed by atoms with Crippen LogP contribution < -0.4 is 20.9 Å². The van der Waals surface area contributed by atoms with Gasteiger partial charge in [0.25, 0.3) is 0 Å². The summed E-state index contributed by atoms with van der Waals surface area (Å²) in [6.45, 7) is 40.3. The SMILES string of the molecule is CC(C)(C)OC(=O)N1CCOC(C(C)(C)O)C1.COC(C)(C)C1CN(C(=O)OC(C)(C)C)CCO1.COC(C)(C)C1CN(c2ccc(N)nc2)CCO1.COC(C)(C)C1CN(c2ccc([N+](=O)[O-])nc2)CCO1.COC(C)(C)C1CNCCO1.O=[N+]([O-])c1ccc(F)cn1. The molecule has 8 rings (SSSR count). The van der Waals surface area contributed by atoms with Crippen LogP contribution in [0, 0.1) is 26.0 Å². The van der Waals surface area contributed by atoms with Crippen LogP contribution in [0.1, 0.15) is 111 Å². The number of nitrogens with two attached hydrogens (primary N) is 1. The highest BCUT2D eigenvalue weighted by atomic mass is 19.1. The fourth-order valence-electron chi connectivity index (χ4n) is 9.01. The van der Waals surface area contributed by atoms with Crippen LogP contribution in [0.5, 0.6) is 0 Å². The van der Waals surface area contributed by atoms with Crippen molar-refractivity contribution in [3.05, 3.63) is 81.0 Å². The molecule has 5 aliphatic heterocycles. The molecule has 3 aromatic rings. The van der Waals surface area contributed by atoms with E-state index in [4.69, 9.17) is 57.8 Å². The number of nitro groups is 2. The third kappa shape index (κ3) is 28.2. The summed E-state index contributed by atoms with van der Waals surface area (Å²) in [4.78, 5) is 62.0. The Hall–Kier alpha value is -6.32. The quantitative estimate of drug-likeness (QED) is 0.108. The summed E-state index contributed by atoms with van der Waals surface area (Å²) in [6, 6.07) is 8.95. The van der Waals surface area contributed by atoms with Crippen molar-refractivity contribution in [1.29, 1.82) is 0 Å². The smallest absolute Gasteiger partial charge is 0.410 e. The van der Waals surface area contributed by atoms with Crippen LogP contribution in [0.4, 0.5) is 42.8 Å². The number of hydrogen-bond acceptors (Lipinski definition) is 25. The van der Waals surface area contributed by atoms with E-state index in [0.717, 1.165) is 69.0 Å². The van der Waals surface area contributed by atoms with Gasteiger partial charge in [-0.1, -0.05) is 0 Å². The van der Waals surface area contributed by atoms with Gasteiger partial charge in [-0.2, -0.15) is 0 Å². The van der Waals surface area contributed by atoms with Gasteiger partial charge in [0.1, 0.15) is 41.4 Å². The topological polar surface area (TPSA) is 332 Å². The molecule has 2 amide bonds. The van der Waals surface area contributed by atoms with E-state index in [1.807, 2.05) is 109 Å². The summed E-state index contributed by atoms with van der Waals surface area (Å²) in [6.07, 6.45) is 3.16. The van der Waals surface area contributed by atoms with Gasteiger partial charge in [0.15, 0.2) is 18.2 Å². The Bertz CT molecular complexity index is 2740. The summed E-state index contributed by atoms with van der Waals surface area (Å²) >= 11 is 0. The molecule has 4 N–H and O–H groups in total. The number of hydrogen-bond donors (Lipinski definition) is 3. The molecule has 5 aliphatic rings. The third-order valence-corrected chi connectivity index (χ3v) is 15.8. The van der Waals surface area contributed by atoms with Crippen LogP contribution in [0.15, 0.2) is 55.0 Å². The number of halogens is 1. The summed E-state index contributed by atoms with van der Waals surface area (Å²) in [5, 5.41) is 33.7. The maximum absolute atomic E-state index is 12.1. The van der Waals surface area contributed by atoms with Gasteiger partial charge in [0.05, 0.1) is 97.8 Å². The van der Waals surface area contributed by atoms with E-state index in [-0.39, 0.29) is 71.1 Å². The average molecular weight is 1340 g/mol. The lowest BCUT2D eigenvalue weighted by molar-refractivity contribution is -0.389. The second-order valence-corrected chi connectivity index (χ2v) is 27.3. The van der Waals surface area contributed by atoms with Crippen LogP contribution in [0.25, 0.3) is 0 Å². The highest BCUT2D eigenvalue weighted by Gasteiger charge is 2.40. The number of carbonyl (C=O) groups excluding carboxylic acids is 2. The zero-order valence-corrected chi connectivity index (χ0v) is 59.1. The van der Waals surface area contributed by atoms with E-state index in [1.165, 1.54) is 12.3 Å². The van der Waals surface area contributed by atoms with Gasteiger partial charge >= 0.3 is 23.8 Å². The lowest BCUT2D eigenvalue weighted by Crippen LogP contribution is -2.54. The molecule has 29 nitrogen and oxygen atoms in total. The summed E-state index contributed by atoms with van der Waals surface area (Å²) in [7, 11) is 6.75. The van der Waals surface area contributed by atoms with E-state index in [0.29, 0.717) is 65.0 Å². The molecular weight excluding hydrogens is 1230 g/mol. The minimum atomic E-state index is -0.958. The number of aliphatic hydroxyl groups is 1. The molecule has 0 aliphatic carbocycles. The minimum absolute atomic E-state index is 0.0498. The first kappa shape index (κ1) is 81.9. The molecule has 30 heteroatoms. The van der Waals surface area contributed by atoms with Crippen molar-refractivity contribution in [2.24, 2.45) is 0 Å². The number of nitrogens with one attached hydrogen (secondary N) is 1. The normalized spacial score (nSPS) is 20.7. The van der Waals surface area contributed by atoms with E-state index in [1.54, 1.807) is 64.3 Å². The van der Waals surface area contributed by atoms with Crippen molar-refractivity contribution >= 4 is 41.0 Å². The number of nitrogens with zero attached hydrogens (tertiary/aromatic N) is 9. The Balaban J connectivity index is 0.000000298. The highest BCUT2D eigenvalue weighted by molar-refractivity contribution is 5.68. The number of rotatable bonds is 13. The molecule has 5 unspecified atom stereocenters. The molecule has 8 heterocycles. The lowest BCUT2D eigenvalue weighted by Gasteiger charge is -2.41. The summed E-state index contributed by atoms with van der Waals surface area (Å²) in [5.41, 5.74) is 4.34. The number of aromatic nitrogens is 3. The molecule has 5 saturated heterocycles. The number of nitrogen functional groups attached to an aromatic ring is 1. The van der Waals surface area contributed by atoms with Crippen LogP contribution >= 0.6 is 0 Å². The molecule has 0 aromatic carbocycles. The molecule has 0 radical (unpaired) electrons. The van der Waals surface area contributed by atoms with E-state index >= 15 is 0 Å². The third-order valence-electron chi connectivity index (χ3n) is 15.8. The molecule has 94 heavy (non-hydrogen) atoms.